The molecule has 0 amide bonds. The number of rotatable bonds is 10. The number of thiophene rings is 1. The molecule has 589 valence electrons. The standard InChI is InChI=1S/C26H23N2Si.C20H18NOSi.C20H18NSSi.3C12H10N.3Ir/c1-29(2,3)21-14-15-24(27-18-21)19-13-16-26-23(17-19)22-11-7-8-12-25(22)28(26)20-9-5-4-6-10-20;2*1-23(2,3)15-9-10-18(21-13-15)14-8-11-20-17(12-14)16-6-4-5-7-19(16)22-20;3*1-10-7-8-13-12(9-10)11-5-3-2-4-6-11;;;/h4-12,14-18H,1-3H3;2*4-7,9-13H,1-3H3;3*2-5,7-9H,1H3;;;/q6*-1;;;. The summed E-state index contributed by atoms with van der Waals surface area (Å²) in [5.41, 5.74) is 21.2. The van der Waals surface area contributed by atoms with Crippen molar-refractivity contribution in [1.29, 1.82) is 0 Å². The van der Waals surface area contributed by atoms with Gasteiger partial charge in [-0.3, -0.25) is 0 Å². The molecule has 10 aromatic carbocycles. The summed E-state index contributed by atoms with van der Waals surface area (Å²) in [5.74, 6) is 0. The summed E-state index contributed by atoms with van der Waals surface area (Å²) in [7, 11) is -3.96. The number of pyridine rings is 6. The zero-order valence-corrected chi connectivity index (χ0v) is 78.5. The molecule has 19 rings (SSSR count). The number of para-hydroxylation sites is 3. The van der Waals surface area contributed by atoms with E-state index in [1.807, 2.05) is 164 Å². The minimum atomic E-state index is -1.35. The second-order valence-electron chi connectivity index (χ2n) is 31.3. The van der Waals surface area contributed by atoms with Crippen LogP contribution in [-0.4, -0.2) is 58.7 Å². The molecule has 9 aromatic heterocycles. The predicted octanol–water partition coefficient (Wildman–Crippen LogP) is 25.2. The Balaban J connectivity index is 0.000000141. The molecule has 19 aromatic rings. The maximum atomic E-state index is 5.86. The molecule has 0 unspecified atom stereocenters. The molecule has 0 spiro atoms. The number of hydrogen-bond acceptors (Lipinski definition) is 8. The van der Waals surface area contributed by atoms with E-state index in [9.17, 15) is 0 Å². The van der Waals surface area contributed by atoms with Crippen molar-refractivity contribution < 1.29 is 64.7 Å². The van der Waals surface area contributed by atoms with E-state index < -0.39 is 24.2 Å². The molecule has 117 heavy (non-hydrogen) atoms. The van der Waals surface area contributed by atoms with Crippen LogP contribution < -0.4 is 15.6 Å². The Morgan fingerprint density at radius 2 is 0.692 bits per heavy atom. The second kappa shape index (κ2) is 39.6. The van der Waals surface area contributed by atoms with Gasteiger partial charge < -0.3 is 38.9 Å². The summed E-state index contributed by atoms with van der Waals surface area (Å²) in [5, 5.41) is 11.5. The van der Waals surface area contributed by atoms with E-state index >= 15 is 0 Å². The van der Waals surface area contributed by atoms with Crippen LogP contribution in [0.15, 0.2) is 327 Å². The van der Waals surface area contributed by atoms with Crippen molar-refractivity contribution in [2.24, 2.45) is 0 Å². The third-order valence-electron chi connectivity index (χ3n) is 19.7. The van der Waals surface area contributed by atoms with E-state index in [0.717, 1.165) is 95.2 Å². The van der Waals surface area contributed by atoms with Crippen molar-refractivity contribution >= 4 is 115 Å². The van der Waals surface area contributed by atoms with Crippen LogP contribution in [0.3, 0.4) is 0 Å². The van der Waals surface area contributed by atoms with Crippen molar-refractivity contribution in [3.8, 4) is 73.2 Å². The van der Waals surface area contributed by atoms with Crippen molar-refractivity contribution in [2.45, 2.75) is 79.7 Å². The molecular weight excluding hydrogens is 2030 g/mol. The number of hydrogen-bond donors (Lipinski definition) is 0. The van der Waals surface area contributed by atoms with Crippen molar-refractivity contribution in [1.82, 2.24) is 34.5 Å². The van der Waals surface area contributed by atoms with Crippen molar-refractivity contribution in [3.63, 3.8) is 0 Å². The van der Waals surface area contributed by atoms with Crippen LogP contribution in [0.1, 0.15) is 16.7 Å². The topological polar surface area (TPSA) is 95.4 Å². The van der Waals surface area contributed by atoms with Gasteiger partial charge in [-0.25, -0.2) is 0 Å². The number of aromatic nitrogens is 7. The molecule has 0 aliphatic carbocycles. The molecule has 15 heteroatoms. The van der Waals surface area contributed by atoms with Gasteiger partial charge in [-0.15, -0.1) is 179 Å². The molecule has 0 aliphatic rings. The molecule has 0 atom stereocenters. The van der Waals surface area contributed by atoms with Crippen LogP contribution in [0, 0.1) is 57.2 Å². The third-order valence-corrected chi connectivity index (χ3v) is 26.9. The Hall–Kier alpha value is -10.5. The number of nitrogens with zero attached hydrogens (tertiary/aromatic N) is 7. The SMILES string of the molecule is C[Si](C)(C)c1ccc(-c2[c-]cc3c(c2)c2ccccc2n3-c2ccccc2)nc1.C[Si](C)(C)c1ccc(-c2[c-]cc3oc4ccccc4c3c2)nc1.C[Si](C)(C)c1ccc(-c2[c-]cc3sc4ccccc4c3c2)nc1.Cc1ccnc(-c2[c-]cccc2)c1.Cc1ccnc(-c2[c-]cccc2)c1.Cc1ccnc(-c2[c-]cccc2)c1.[Ir].[Ir].[Ir]. The molecule has 3 radical (unpaired) electrons. The maximum Gasteiger partial charge on any atom is 0.120 e. The number of fused-ring (bicyclic) bond motifs is 9. The number of benzene rings is 10. The van der Waals surface area contributed by atoms with E-state index in [-0.39, 0.29) is 60.3 Å². The first kappa shape index (κ1) is 87.4. The van der Waals surface area contributed by atoms with Gasteiger partial charge >= 0.3 is 0 Å². The molecular formula is C102H89Ir3N7OSSi3-6. The smallest absolute Gasteiger partial charge is 0.120 e. The van der Waals surface area contributed by atoms with Crippen molar-refractivity contribution in [3.05, 3.63) is 375 Å². The fourth-order valence-electron chi connectivity index (χ4n) is 13.2. The Morgan fingerprint density at radius 1 is 0.291 bits per heavy atom. The fraction of sp³-hybridized carbons (Fsp3) is 0.118. The van der Waals surface area contributed by atoms with Gasteiger partial charge in [0.1, 0.15) is 5.58 Å². The molecule has 0 N–H and O–H groups in total. The van der Waals surface area contributed by atoms with Crippen LogP contribution in [0.25, 0.3) is 137 Å². The zero-order valence-electron chi connectivity index (χ0n) is 67.5. The van der Waals surface area contributed by atoms with E-state index in [1.165, 1.54) is 74.2 Å². The molecule has 0 aliphatic heterocycles. The van der Waals surface area contributed by atoms with E-state index in [4.69, 9.17) is 14.4 Å². The maximum absolute atomic E-state index is 5.86. The summed E-state index contributed by atoms with van der Waals surface area (Å²) in [6, 6.07) is 117. The second-order valence-corrected chi connectivity index (χ2v) is 47.6. The molecule has 0 fully saturated rings. The first-order valence-electron chi connectivity index (χ1n) is 38.4. The Morgan fingerprint density at radius 3 is 1.14 bits per heavy atom. The Kier molecular flexibility index (Phi) is 29.6. The average molecular weight is 2120 g/mol. The fourth-order valence-corrected chi connectivity index (χ4v) is 17.4. The largest absolute Gasteiger partial charge is 0.500 e. The quantitative estimate of drug-likeness (QED) is 0.0994. The van der Waals surface area contributed by atoms with E-state index in [0.29, 0.717) is 0 Å². The van der Waals surface area contributed by atoms with Gasteiger partial charge in [0, 0.05) is 119 Å². The van der Waals surface area contributed by atoms with Gasteiger partial charge in [0.25, 0.3) is 0 Å². The predicted molar refractivity (Wildman–Crippen MR) is 489 cm³/mol. The molecule has 0 saturated heterocycles. The van der Waals surface area contributed by atoms with Gasteiger partial charge in [-0.05, 0) is 140 Å². The first-order chi connectivity index (χ1) is 55.1. The molecule has 0 saturated carbocycles. The summed E-state index contributed by atoms with van der Waals surface area (Å²) in [6.45, 7) is 27.3. The molecule has 9 heterocycles. The first-order valence-corrected chi connectivity index (χ1v) is 49.7. The van der Waals surface area contributed by atoms with Crippen LogP contribution >= 0.6 is 11.3 Å². The Labute approximate surface area is 735 Å². The van der Waals surface area contributed by atoms with Gasteiger partial charge in [-0.1, -0.05) is 219 Å². The molecule has 8 nitrogen and oxygen atoms in total. The minimum Gasteiger partial charge on any atom is -0.500 e. The van der Waals surface area contributed by atoms with Crippen molar-refractivity contribution in [2.75, 3.05) is 0 Å². The minimum absolute atomic E-state index is 0. The van der Waals surface area contributed by atoms with Crippen LogP contribution in [0.2, 0.25) is 58.9 Å². The van der Waals surface area contributed by atoms with Crippen LogP contribution in [0.4, 0.5) is 0 Å². The summed E-state index contributed by atoms with van der Waals surface area (Å²) < 4.78 is 10.8. The Bertz CT molecular complexity index is 6090. The van der Waals surface area contributed by atoms with Crippen LogP contribution in [0.5, 0.6) is 0 Å². The number of furan rings is 1. The van der Waals surface area contributed by atoms with E-state index in [1.54, 1.807) is 0 Å². The normalized spacial score (nSPS) is 11.0. The summed E-state index contributed by atoms with van der Waals surface area (Å²) in [4.78, 5) is 27.0. The number of aryl methyl sites for hydroxylation is 3. The van der Waals surface area contributed by atoms with Gasteiger partial charge in [0.2, 0.25) is 0 Å². The van der Waals surface area contributed by atoms with Gasteiger partial charge in [0.15, 0.2) is 0 Å². The summed E-state index contributed by atoms with van der Waals surface area (Å²) in [6.07, 6.45) is 11.6. The van der Waals surface area contributed by atoms with Crippen LogP contribution in [-0.2, 0) is 60.3 Å². The average Bonchev–Trinajstić information content (AvgIpc) is 1.87. The molecule has 0 bridgehead atoms. The zero-order chi connectivity index (χ0) is 79.4. The van der Waals surface area contributed by atoms with Gasteiger partial charge in [0.05, 0.1) is 29.8 Å². The van der Waals surface area contributed by atoms with Gasteiger partial charge in [-0.2, -0.15) is 11.3 Å². The summed E-state index contributed by atoms with van der Waals surface area (Å²) >= 11 is 1.83. The monoisotopic (exact) mass is 2120 g/mol. The third kappa shape index (κ3) is 21.8. The van der Waals surface area contributed by atoms with E-state index in [2.05, 4.69) is 310 Å².